The average molecular weight is 376 g/mol. The summed E-state index contributed by atoms with van der Waals surface area (Å²) < 4.78 is 0.636. The maximum absolute atomic E-state index is 12.8. The van der Waals surface area contributed by atoms with Crippen LogP contribution < -0.4 is 0 Å². The van der Waals surface area contributed by atoms with Gasteiger partial charge in [0, 0.05) is 6.54 Å². The molecule has 3 aromatic rings. The van der Waals surface area contributed by atoms with Crippen LogP contribution in [0.15, 0.2) is 77.7 Å². The van der Waals surface area contributed by atoms with E-state index in [4.69, 9.17) is 12.2 Å². The number of thioether (sulfide) groups is 1. The summed E-state index contributed by atoms with van der Waals surface area (Å²) in [5.74, 6) is 0.00358. The molecule has 0 radical (unpaired) electrons. The van der Waals surface area contributed by atoms with Gasteiger partial charge in [0.1, 0.15) is 4.32 Å². The van der Waals surface area contributed by atoms with Gasteiger partial charge >= 0.3 is 0 Å². The number of thiocarbonyl (C=S) groups is 1. The lowest BCUT2D eigenvalue weighted by Gasteiger charge is -2.14. The van der Waals surface area contributed by atoms with Crippen molar-refractivity contribution in [3.8, 4) is 0 Å². The third-order valence-electron chi connectivity index (χ3n) is 4.45. The highest BCUT2D eigenvalue weighted by molar-refractivity contribution is 8.26. The van der Waals surface area contributed by atoms with Gasteiger partial charge in [0.25, 0.3) is 5.91 Å². The van der Waals surface area contributed by atoms with Crippen LogP contribution in [-0.4, -0.2) is 21.7 Å². The van der Waals surface area contributed by atoms with E-state index in [-0.39, 0.29) is 5.91 Å². The minimum Gasteiger partial charge on any atom is -0.293 e. The molecule has 1 heterocycles. The first-order valence-electron chi connectivity index (χ1n) is 8.49. The number of rotatable bonds is 4. The zero-order chi connectivity index (χ0) is 17.9. The van der Waals surface area contributed by atoms with Gasteiger partial charge in [-0.25, -0.2) is 0 Å². The van der Waals surface area contributed by atoms with Crippen LogP contribution >= 0.6 is 24.0 Å². The normalized spacial score (nSPS) is 16.0. The smallest absolute Gasteiger partial charge is 0.266 e. The largest absolute Gasteiger partial charge is 0.293 e. The molecule has 2 nitrogen and oxygen atoms in total. The summed E-state index contributed by atoms with van der Waals surface area (Å²) >= 11 is 6.84. The first-order valence-corrected chi connectivity index (χ1v) is 9.72. The molecule has 1 aliphatic heterocycles. The molecule has 4 heteroatoms. The van der Waals surface area contributed by atoms with Crippen molar-refractivity contribution in [1.82, 2.24) is 4.90 Å². The molecule has 0 aromatic heterocycles. The van der Waals surface area contributed by atoms with Gasteiger partial charge in [-0.3, -0.25) is 9.69 Å². The molecule has 0 N–H and O–H groups in total. The van der Waals surface area contributed by atoms with Gasteiger partial charge in [0.2, 0.25) is 0 Å². The van der Waals surface area contributed by atoms with Gasteiger partial charge in [-0.1, -0.05) is 96.8 Å². The summed E-state index contributed by atoms with van der Waals surface area (Å²) in [5.41, 5.74) is 2.26. The van der Waals surface area contributed by atoms with Crippen LogP contribution in [0.25, 0.3) is 16.8 Å². The number of benzene rings is 3. The fourth-order valence-corrected chi connectivity index (χ4v) is 4.40. The van der Waals surface area contributed by atoms with Gasteiger partial charge in [-0.15, -0.1) is 0 Å². The topological polar surface area (TPSA) is 20.3 Å². The van der Waals surface area contributed by atoms with Crippen molar-refractivity contribution < 1.29 is 4.79 Å². The van der Waals surface area contributed by atoms with Crippen molar-refractivity contribution in [2.45, 2.75) is 6.42 Å². The zero-order valence-electron chi connectivity index (χ0n) is 14.1. The minimum absolute atomic E-state index is 0.00358. The van der Waals surface area contributed by atoms with Crippen molar-refractivity contribution in [3.05, 3.63) is 88.8 Å². The van der Waals surface area contributed by atoms with E-state index in [1.807, 2.05) is 48.5 Å². The summed E-state index contributed by atoms with van der Waals surface area (Å²) in [5, 5.41) is 2.31. The number of fused-ring (bicyclic) bond motifs is 1. The van der Waals surface area contributed by atoms with E-state index in [0.29, 0.717) is 15.8 Å². The molecule has 0 unspecified atom stereocenters. The van der Waals surface area contributed by atoms with Gasteiger partial charge in [-0.2, -0.15) is 0 Å². The molecule has 4 rings (SSSR count). The van der Waals surface area contributed by atoms with Crippen LogP contribution in [-0.2, 0) is 11.2 Å². The lowest BCUT2D eigenvalue weighted by atomic mass is 10.0. The standard InChI is InChI=1S/C22H17NOS2/c24-21-20(15-18-11-6-10-17-9-4-5-12-19(17)18)26-22(25)23(21)14-13-16-7-2-1-3-8-16/h1-12,15H,13-14H2/b20-15-. The van der Waals surface area contributed by atoms with Crippen LogP contribution in [0.5, 0.6) is 0 Å². The van der Waals surface area contributed by atoms with Gasteiger partial charge in [0.05, 0.1) is 4.91 Å². The first-order chi connectivity index (χ1) is 12.7. The number of nitrogens with zero attached hydrogens (tertiary/aromatic N) is 1. The maximum atomic E-state index is 12.8. The summed E-state index contributed by atoms with van der Waals surface area (Å²) in [6, 6.07) is 24.5. The molecule has 128 valence electrons. The number of hydrogen-bond acceptors (Lipinski definition) is 3. The first kappa shape index (κ1) is 17.0. The molecule has 26 heavy (non-hydrogen) atoms. The number of amides is 1. The lowest BCUT2D eigenvalue weighted by Crippen LogP contribution is -2.30. The molecule has 1 fully saturated rings. The van der Waals surface area contributed by atoms with E-state index in [1.165, 1.54) is 22.7 Å². The van der Waals surface area contributed by atoms with Gasteiger partial charge in [-0.05, 0) is 34.4 Å². The molecule has 0 bridgehead atoms. The van der Waals surface area contributed by atoms with E-state index in [0.717, 1.165) is 17.4 Å². The van der Waals surface area contributed by atoms with Crippen molar-refractivity contribution in [3.63, 3.8) is 0 Å². The van der Waals surface area contributed by atoms with Crippen LogP contribution in [0.4, 0.5) is 0 Å². The van der Waals surface area contributed by atoms with Crippen molar-refractivity contribution in [2.75, 3.05) is 6.54 Å². The number of carbonyl (C=O) groups is 1. The Morgan fingerprint density at radius 1 is 0.923 bits per heavy atom. The summed E-state index contributed by atoms with van der Waals surface area (Å²) in [4.78, 5) is 15.2. The third kappa shape index (κ3) is 3.43. The van der Waals surface area contributed by atoms with E-state index in [9.17, 15) is 4.79 Å². The fourth-order valence-electron chi connectivity index (χ4n) is 3.10. The second kappa shape index (κ2) is 7.44. The van der Waals surface area contributed by atoms with E-state index in [1.54, 1.807) is 4.90 Å². The Bertz CT molecular complexity index is 1010. The Balaban J connectivity index is 1.57. The van der Waals surface area contributed by atoms with Crippen LogP contribution in [0.2, 0.25) is 0 Å². The van der Waals surface area contributed by atoms with Crippen LogP contribution in [0.3, 0.4) is 0 Å². The third-order valence-corrected chi connectivity index (χ3v) is 5.83. The monoisotopic (exact) mass is 375 g/mol. The molecule has 0 atom stereocenters. The molecule has 0 aliphatic carbocycles. The number of carbonyl (C=O) groups excluding carboxylic acids is 1. The maximum Gasteiger partial charge on any atom is 0.266 e. The molecule has 1 aliphatic rings. The Labute approximate surface area is 162 Å². The van der Waals surface area contributed by atoms with Crippen molar-refractivity contribution in [1.29, 1.82) is 0 Å². The van der Waals surface area contributed by atoms with E-state index < -0.39 is 0 Å². The summed E-state index contributed by atoms with van der Waals surface area (Å²) in [7, 11) is 0. The zero-order valence-corrected chi connectivity index (χ0v) is 15.7. The second-order valence-corrected chi connectivity index (χ2v) is 7.81. The molecule has 1 amide bonds. The molecule has 0 spiro atoms. The molecular formula is C22H17NOS2. The minimum atomic E-state index is 0.00358. The second-order valence-electron chi connectivity index (χ2n) is 6.14. The average Bonchev–Trinajstić information content (AvgIpc) is 2.94. The quantitative estimate of drug-likeness (QED) is 0.457. The van der Waals surface area contributed by atoms with E-state index >= 15 is 0 Å². The van der Waals surface area contributed by atoms with Crippen molar-refractivity contribution >= 4 is 51.1 Å². The van der Waals surface area contributed by atoms with E-state index in [2.05, 4.69) is 30.3 Å². The van der Waals surface area contributed by atoms with Gasteiger partial charge in [0.15, 0.2) is 0 Å². The Hall–Kier alpha value is -2.43. The van der Waals surface area contributed by atoms with Crippen LogP contribution in [0.1, 0.15) is 11.1 Å². The van der Waals surface area contributed by atoms with Crippen molar-refractivity contribution in [2.24, 2.45) is 0 Å². The number of hydrogen-bond donors (Lipinski definition) is 0. The molecular weight excluding hydrogens is 358 g/mol. The predicted molar refractivity (Wildman–Crippen MR) is 114 cm³/mol. The Kier molecular flexibility index (Phi) is 4.87. The Morgan fingerprint density at radius 3 is 2.50 bits per heavy atom. The van der Waals surface area contributed by atoms with Crippen LogP contribution in [0, 0.1) is 0 Å². The lowest BCUT2D eigenvalue weighted by molar-refractivity contribution is -0.122. The molecule has 3 aromatic carbocycles. The SMILES string of the molecule is O=C1/C(=C/c2cccc3ccccc23)SC(=S)N1CCc1ccccc1. The Morgan fingerprint density at radius 2 is 1.65 bits per heavy atom. The molecule has 1 saturated heterocycles. The predicted octanol–water partition coefficient (Wildman–Crippen LogP) is 5.28. The van der Waals surface area contributed by atoms with Gasteiger partial charge < -0.3 is 0 Å². The highest BCUT2D eigenvalue weighted by Crippen LogP contribution is 2.33. The molecule has 0 saturated carbocycles. The highest BCUT2D eigenvalue weighted by Gasteiger charge is 2.31. The summed E-state index contributed by atoms with van der Waals surface area (Å²) in [6.07, 6.45) is 2.76. The summed E-state index contributed by atoms with van der Waals surface area (Å²) in [6.45, 7) is 0.613. The highest BCUT2D eigenvalue weighted by atomic mass is 32.2. The fraction of sp³-hybridized carbons (Fsp3) is 0.0909.